The Kier molecular flexibility index (Phi) is 4.55. The zero-order valence-electron chi connectivity index (χ0n) is 15.5. The number of carbonyl (C=O) groups excluding carboxylic acids is 1. The first-order valence-electron chi connectivity index (χ1n) is 9.07. The van der Waals surface area contributed by atoms with Crippen molar-refractivity contribution >= 4 is 15.7 Å². The SMILES string of the molecule is CC(=O)N1CCN(Cc2cc(-c3ccc(C)cc3)no2)[C@@H]2CS(=O)(=O)C[C@@H]21. The predicted octanol–water partition coefficient (Wildman–Crippen LogP) is 1.48. The lowest BCUT2D eigenvalue weighted by molar-refractivity contribution is -0.134. The van der Waals surface area contributed by atoms with E-state index in [-0.39, 0.29) is 29.5 Å². The van der Waals surface area contributed by atoms with E-state index in [1.54, 1.807) is 4.90 Å². The van der Waals surface area contributed by atoms with Crippen LogP contribution in [0.5, 0.6) is 0 Å². The van der Waals surface area contributed by atoms with Crippen LogP contribution in [0.15, 0.2) is 34.9 Å². The van der Waals surface area contributed by atoms with Gasteiger partial charge in [0, 0.05) is 37.7 Å². The van der Waals surface area contributed by atoms with Gasteiger partial charge in [-0.05, 0) is 6.92 Å². The van der Waals surface area contributed by atoms with Gasteiger partial charge in [0.2, 0.25) is 5.91 Å². The maximum Gasteiger partial charge on any atom is 0.219 e. The van der Waals surface area contributed by atoms with Crippen molar-refractivity contribution in [2.24, 2.45) is 0 Å². The zero-order chi connectivity index (χ0) is 19.2. The summed E-state index contributed by atoms with van der Waals surface area (Å²) in [5.74, 6) is 0.757. The van der Waals surface area contributed by atoms with Gasteiger partial charge in [0.25, 0.3) is 0 Å². The lowest BCUT2D eigenvalue weighted by Crippen LogP contribution is -2.59. The molecule has 4 rings (SSSR count). The van der Waals surface area contributed by atoms with Gasteiger partial charge in [-0.2, -0.15) is 0 Å². The average molecular weight is 389 g/mol. The third kappa shape index (κ3) is 3.64. The first-order valence-corrected chi connectivity index (χ1v) is 10.9. The number of aromatic nitrogens is 1. The quantitative estimate of drug-likeness (QED) is 0.791. The van der Waals surface area contributed by atoms with Gasteiger partial charge in [-0.1, -0.05) is 35.0 Å². The molecule has 1 amide bonds. The first kappa shape index (κ1) is 18.2. The van der Waals surface area contributed by atoms with Gasteiger partial charge in [0.05, 0.1) is 24.1 Å². The summed E-state index contributed by atoms with van der Waals surface area (Å²) in [5, 5.41) is 4.15. The lowest BCUT2D eigenvalue weighted by Gasteiger charge is -2.43. The number of rotatable bonds is 3. The molecule has 0 radical (unpaired) electrons. The number of carbonyl (C=O) groups is 1. The van der Waals surface area contributed by atoms with E-state index in [4.69, 9.17) is 4.52 Å². The number of sulfone groups is 1. The Morgan fingerprint density at radius 1 is 1.19 bits per heavy atom. The maximum absolute atomic E-state index is 12.2. The molecule has 7 nitrogen and oxygen atoms in total. The third-order valence-corrected chi connectivity index (χ3v) is 7.16. The van der Waals surface area contributed by atoms with Crippen molar-refractivity contribution in [3.05, 3.63) is 41.7 Å². The number of benzene rings is 1. The van der Waals surface area contributed by atoms with Crippen LogP contribution in [0, 0.1) is 6.92 Å². The van der Waals surface area contributed by atoms with Crippen molar-refractivity contribution in [3.63, 3.8) is 0 Å². The highest BCUT2D eigenvalue weighted by Crippen LogP contribution is 2.29. The molecule has 1 aromatic heterocycles. The fraction of sp³-hybridized carbons (Fsp3) is 0.474. The van der Waals surface area contributed by atoms with Crippen molar-refractivity contribution in [1.29, 1.82) is 0 Å². The minimum Gasteiger partial charge on any atom is -0.359 e. The summed E-state index contributed by atoms with van der Waals surface area (Å²) in [7, 11) is -3.14. The van der Waals surface area contributed by atoms with E-state index in [9.17, 15) is 13.2 Å². The number of hydrogen-bond donors (Lipinski definition) is 0. The summed E-state index contributed by atoms with van der Waals surface area (Å²) < 4.78 is 29.9. The molecule has 3 heterocycles. The Bertz CT molecular complexity index is 952. The van der Waals surface area contributed by atoms with E-state index in [0.717, 1.165) is 11.3 Å². The molecule has 27 heavy (non-hydrogen) atoms. The van der Waals surface area contributed by atoms with Crippen molar-refractivity contribution in [3.8, 4) is 11.3 Å². The van der Waals surface area contributed by atoms with Crippen LogP contribution in [0.4, 0.5) is 0 Å². The normalized spacial score (nSPS) is 24.7. The Hall–Kier alpha value is -2.19. The molecular formula is C19H23N3O4S. The van der Waals surface area contributed by atoms with E-state index in [1.165, 1.54) is 12.5 Å². The molecule has 2 aliphatic rings. The monoisotopic (exact) mass is 389 g/mol. The van der Waals surface area contributed by atoms with E-state index >= 15 is 0 Å². The molecule has 0 unspecified atom stereocenters. The topological polar surface area (TPSA) is 83.7 Å². The lowest BCUT2D eigenvalue weighted by atomic mass is 10.0. The number of nitrogens with zero attached hydrogens (tertiary/aromatic N) is 3. The number of hydrogen-bond acceptors (Lipinski definition) is 6. The predicted molar refractivity (Wildman–Crippen MR) is 101 cm³/mol. The second-order valence-electron chi connectivity index (χ2n) is 7.44. The Morgan fingerprint density at radius 3 is 2.59 bits per heavy atom. The van der Waals surface area contributed by atoms with Gasteiger partial charge >= 0.3 is 0 Å². The standard InChI is InChI=1S/C19H23N3O4S/c1-13-3-5-15(6-4-13)17-9-16(26-20-17)10-21-7-8-22(14(2)23)19-12-27(24,25)11-18(19)21/h3-6,9,18-19H,7-8,10-12H2,1-2H3/t18-,19+/m1/s1. The number of aryl methyl sites for hydroxylation is 1. The van der Waals surface area contributed by atoms with Gasteiger partial charge in [-0.25, -0.2) is 8.42 Å². The fourth-order valence-electron chi connectivity index (χ4n) is 4.06. The summed E-state index contributed by atoms with van der Waals surface area (Å²) in [6.07, 6.45) is 0. The van der Waals surface area contributed by atoms with Gasteiger partial charge in [-0.3, -0.25) is 9.69 Å². The summed E-state index contributed by atoms with van der Waals surface area (Å²) >= 11 is 0. The second-order valence-corrected chi connectivity index (χ2v) is 9.59. The summed E-state index contributed by atoms with van der Waals surface area (Å²) in [6, 6.07) is 9.49. The molecule has 1 aromatic carbocycles. The molecule has 0 N–H and O–H groups in total. The highest BCUT2D eigenvalue weighted by atomic mass is 32.2. The number of piperazine rings is 1. The zero-order valence-corrected chi connectivity index (χ0v) is 16.3. The molecule has 2 fully saturated rings. The van der Waals surface area contributed by atoms with Gasteiger partial charge in [-0.15, -0.1) is 0 Å². The van der Waals surface area contributed by atoms with Crippen molar-refractivity contribution < 1.29 is 17.7 Å². The Labute approximate surface area is 158 Å². The van der Waals surface area contributed by atoms with Crippen LogP contribution >= 0.6 is 0 Å². The molecule has 0 saturated carbocycles. The summed E-state index contributed by atoms with van der Waals surface area (Å²) in [4.78, 5) is 15.7. The van der Waals surface area contributed by atoms with Crippen molar-refractivity contribution in [2.45, 2.75) is 32.5 Å². The van der Waals surface area contributed by atoms with Crippen LogP contribution in [-0.2, 0) is 21.2 Å². The molecule has 0 spiro atoms. The second kappa shape index (κ2) is 6.76. The Morgan fingerprint density at radius 2 is 1.89 bits per heavy atom. The molecule has 0 bridgehead atoms. The van der Waals surface area contributed by atoms with E-state index < -0.39 is 9.84 Å². The highest BCUT2D eigenvalue weighted by molar-refractivity contribution is 7.91. The summed E-state index contributed by atoms with van der Waals surface area (Å²) in [6.45, 7) is 5.18. The molecule has 2 aliphatic heterocycles. The van der Waals surface area contributed by atoms with Crippen LogP contribution in [0.3, 0.4) is 0 Å². The van der Waals surface area contributed by atoms with Gasteiger partial charge < -0.3 is 9.42 Å². The molecule has 0 aliphatic carbocycles. The molecule has 2 atom stereocenters. The smallest absolute Gasteiger partial charge is 0.219 e. The number of fused-ring (bicyclic) bond motifs is 1. The largest absolute Gasteiger partial charge is 0.359 e. The van der Waals surface area contributed by atoms with Crippen LogP contribution in [0.1, 0.15) is 18.2 Å². The fourth-order valence-corrected chi connectivity index (χ4v) is 6.07. The molecule has 144 valence electrons. The van der Waals surface area contributed by atoms with Crippen LogP contribution in [0.2, 0.25) is 0 Å². The minimum atomic E-state index is -3.14. The average Bonchev–Trinajstić information content (AvgIpc) is 3.19. The highest BCUT2D eigenvalue weighted by Gasteiger charge is 2.47. The van der Waals surface area contributed by atoms with Crippen molar-refractivity contribution in [2.75, 3.05) is 24.6 Å². The summed E-state index contributed by atoms with van der Waals surface area (Å²) in [5.41, 5.74) is 2.93. The molecule has 8 heteroatoms. The molecule has 2 saturated heterocycles. The van der Waals surface area contributed by atoms with E-state index in [1.807, 2.05) is 37.3 Å². The van der Waals surface area contributed by atoms with Crippen LogP contribution in [0.25, 0.3) is 11.3 Å². The van der Waals surface area contributed by atoms with E-state index in [2.05, 4.69) is 10.1 Å². The molecule has 2 aromatic rings. The molecular weight excluding hydrogens is 366 g/mol. The number of amides is 1. The Balaban J connectivity index is 1.53. The minimum absolute atomic E-state index is 0.0404. The van der Waals surface area contributed by atoms with Crippen LogP contribution in [-0.4, -0.2) is 66.0 Å². The van der Waals surface area contributed by atoms with Gasteiger partial charge in [0.1, 0.15) is 5.69 Å². The third-order valence-electron chi connectivity index (χ3n) is 5.46. The maximum atomic E-state index is 12.2. The van der Waals surface area contributed by atoms with Crippen LogP contribution < -0.4 is 0 Å². The first-order chi connectivity index (χ1) is 12.8. The van der Waals surface area contributed by atoms with Crippen molar-refractivity contribution in [1.82, 2.24) is 15.0 Å². The van der Waals surface area contributed by atoms with E-state index in [0.29, 0.717) is 25.4 Å². The van der Waals surface area contributed by atoms with Gasteiger partial charge in [0.15, 0.2) is 15.6 Å².